The average molecular weight is 264 g/mol. The van der Waals surface area contributed by atoms with Gasteiger partial charge in [0, 0.05) is 6.42 Å². The molecule has 0 saturated carbocycles. The molecule has 1 atom stereocenters. The average Bonchev–Trinajstić information content (AvgIpc) is 2.28. The number of hydrogen-bond donors (Lipinski definition) is 2. The van der Waals surface area contributed by atoms with Crippen LogP contribution in [-0.2, 0) is 10.2 Å². The van der Waals surface area contributed by atoms with Crippen molar-refractivity contribution in [2.24, 2.45) is 11.5 Å². The van der Waals surface area contributed by atoms with E-state index in [0.29, 0.717) is 13.0 Å². The maximum absolute atomic E-state index is 11.1. The highest BCUT2D eigenvalue weighted by molar-refractivity contribution is 5.83. The maximum atomic E-state index is 11.1. The molecule has 106 valence electrons. The smallest absolute Gasteiger partial charge is 0.237 e. The number of hydrogen-bond acceptors (Lipinski definition) is 3. The lowest BCUT2D eigenvalue weighted by atomic mass is 9.87. The van der Waals surface area contributed by atoms with E-state index < -0.39 is 11.4 Å². The number of primary amides is 1. The van der Waals surface area contributed by atoms with Crippen molar-refractivity contribution in [3.63, 3.8) is 0 Å². The van der Waals surface area contributed by atoms with Gasteiger partial charge in [-0.05, 0) is 30.0 Å². The van der Waals surface area contributed by atoms with Crippen LogP contribution in [0.25, 0.3) is 0 Å². The topological polar surface area (TPSA) is 78.3 Å². The third kappa shape index (κ3) is 4.56. The molecule has 0 saturated heterocycles. The number of carbonyl (C=O) groups is 1. The fraction of sp³-hybridized carbons (Fsp3) is 0.533. The van der Waals surface area contributed by atoms with Gasteiger partial charge >= 0.3 is 0 Å². The summed E-state index contributed by atoms with van der Waals surface area (Å²) in [6.45, 7) is 8.47. The van der Waals surface area contributed by atoms with E-state index in [1.807, 2.05) is 24.3 Å². The summed E-state index contributed by atoms with van der Waals surface area (Å²) in [6, 6.07) is 7.95. The predicted molar refractivity (Wildman–Crippen MR) is 77.0 cm³/mol. The highest BCUT2D eigenvalue weighted by Crippen LogP contribution is 2.24. The van der Waals surface area contributed by atoms with Crippen molar-refractivity contribution in [2.75, 3.05) is 6.61 Å². The van der Waals surface area contributed by atoms with Gasteiger partial charge in [-0.2, -0.15) is 0 Å². The van der Waals surface area contributed by atoms with Crippen molar-refractivity contribution < 1.29 is 9.53 Å². The molecule has 1 unspecified atom stereocenters. The van der Waals surface area contributed by atoms with Crippen molar-refractivity contribution in [1.29, 1.82) is 0 Å². The number of rotatable bonds is 5. The molecular weight excluding hydrogens is 240 g/mol. The van der Waals surface area contributed by atoms with Gasteiger partial charge in [-0.25, -0.2) is 0 Å². The highest BCUT2D eigenvalue weighted by Gasteiger charge is 2.25. The molecule has 0 spiro atoms. The summed E-state index contributed by atoms with van der Waals surface area (Å²) in [5.74, 6) is 0.257. The molecule has 0 radical (unpaired) electrons. The van der Waals surface area contributed by atoms with Gasteiger partial charge in [0.15, 0.2) is 0 Å². The Morgan fingerprint density at radius 1 is 1.16 bits per heavy atom. The first kappa shape index (κ1) is 15.5. The molecule has 1 rings (SSSR count). The van der Waals surface area contributed by atoms with Crippen LogP contribution in [0.3, 0.4) is 0 Å². The predicted octanol–water partition coefficient (Wildman–Crippen LogP) is 1.96. The molecule has 0 aliphatic rings. The van der Waals surface area contributed by atoms with Gasteiger partial charge in [0.1, 0.15) is 5.75 Å². The standard InChI is InChI=1S/C15H24N2O2/c1-14(2,3)11-5-7-12(8-6-11)19-10-9-15(4,17)13(16)18/h5-8H,9-10,17H2,1-4H3,(H2,16,18). The molecule has 0 bridgehead atoms. The van der Waals surface area contributed by atoms with Crippen LogP contribution in [-0.4, -0.2) is 18.1 Å². The third-order valence-corrected chi connectivity index (χ3v) is 3.17. The lowest BCUT2D eigenvalue weighted by Crippen LogP contribution is -2.50. The molecule has 1 aromatic rings. The van der Waals surface area contributed by atoms with E-state index in [0.717, 1.165) is 5.75 Å². The van der Waals surface area contributed by atoms with Gasteiger partial charge in [-0.15, -0.1) is 0 Å². The van der Waals surface area contributed by atoms with Crippen LogP contribution in [0.4, 0.5) is 0 Å². The zero-order chi connectivity index (χ0) is 14.7. The largest absolute Gasteiger partial charge is 0.494 e. The monoisotopic (exact) mass is 264 g/mol. The Balaban J connectivity index is 2.54. The van der Waals surface area contributed by atoms with Gasteiger partial charge < -0.3 is 16.2 Å². The van der Waals surface area contributed by atoms with Crippen LogP contribution >= 0.6 is 0 Å². The van der Waals surface area contributed by atoms with Crippen LogP contribution in [0.5, 0.6) is 5.75 Å². The summed E-state index contributed by atoms with van der Waals surface area (Å²) in [5, 5.41) is 0. The molecule has 19 heavy (non-hydrogen) atoms. The molecule has 0 aliphatic carbocycles. The molecule has 4 nitrogen and oxygen atoms in total. The SMILES string of the molecule is CC(N)(CCOc1ccc(C(C)(C)C)cc1)C(N)=O. The van der Waals surface area contributed by atoms with Crippen molar-refractivity contribution in [2.45, 2.75) is 45.1 Å². The zero-order valence-electron chi connectivity index (χ0n) is 12.2. The van der Waals surface area contributed by atoms with Gasteiger partial charge in [-0.1, -0.05) is 32.9 Å². The Labute approximate surface area is 115 Å². The van der Waals surface area contributed by atoms with Crippen LogP contribution in [0.2, 0.25) is 0 Å². The van der Waals surface area contributed by atoms with Gasteiger partial charge in [-0.3, -0.25) is 4.79 Å². The molecule has 1 aromatic carbocycles. The summed E-state index contributed by atoms with van der Waals surface area (Å²) in [4.78, 5) is 11.1. The van der Waals surface area contributed by atoms with Gasteiger partial charge in [0.05, 0.1) is 12.1 Å². The number of ether oxygens (including phenoxy) is 1. The van der Waals surface area contributed by atoms with Crippen molar-refractivity contribution in [3.8, 4) is 5.75 Å². The lowest BCUT2D eigenvalue weighted by molar-refractivity contribution is -0.123. The number of benzene rings is 1. The minimum absolute atomic E-state index is 0.125. The first-order valence-electron chi connectivity index (χ1n) is 6.45. The van der Waals surface area contributed by atoms with E-state index in [2.05, 4.69) is 20.8 Å². The minimum Gasteiger partial charge on any atom is -0.494 e. The van der Waals surface area contributed by atoms with E-state index in [-0.39, 0.29) is 5.41 Å². The van der Waals surface area contributed by atoms with Gasteiger partial charge in [0.2, 0.25) is 5.91 Å². The first-order chi connectivity index (χ1) is 8.63. The highest BCUT2D eigenvalue weighted by atomic mass is 16.5. The molecule has 4 heteroatoms. The van der Waals surface area contributed by atoms with E-state index in [9.17, 15) is 4.79 Å². The summed E-state index contributed by atoms with van der Waals surface area (Å²) in [6.07, 6.45) is 0.392. The molecule has 4 N–H and O–H groups in total. The lowest BCUT2D eigenvalue weighted by Gasteiger charge is -2.21. The first-order valence-corrected chi connectivity index (χ1v) is 6.45. The van der Waals surface area contributed by atoms with E-state index in [1.165, 1.54) is 5.56 Å². The van der Waals surface area contributed by atoms with Crippen molar-refractivity contribution in [3.05, 3.63) is 29.8 Å². The van der Waals surface area contributed by atoms with Crippen molar-refractivity contribution >= 4 is 5.91 Å². The quantitative estimate of drug-likeness (QED) is 0.853. The van der Waals surface area contributed by atoms with Crippen LogP contribution in [0.1, 0.15) is 39.7 Å². The Hall–Kier alpha value is -1.55. The minimum atomic E-state index is -1.02. The van der Waals surface area contributed by atoms with E-state index in [1.54, 1.807) is 6.92 Å². The summed E-state index contributed by atoms with van der Waals surface area (Å²) < 4.78 is 5.57. The van der Waals surface area contributed by atoms with E-state index >= 15 is 0 Å². The van der Waals surface area contributed by atoms with Crippen molar-refractivity contribution in [1.82, 2.24) is 0 Å². The zero-order valence-corrected chi connectivity index (χ0v) is 12.2. The Bertz CT molecular complexity index is 430. The normalized spacial score (nSPS) is 14.8. The molecule has 0 aliphatic heterocycles. The second kappa shape index (κ2) is 5.61. The van der Waals surface area contributed by atoms with Crippen LogP contribution in [0.15, 0.2) is 24.3 Å². The fourth-order valence-corrected chi connectivity index (χ4v) is 1.56. The summed E-state index contributed by atoms with van der Waals surface area (Å²) >= 11 is 0. The Morgan fingerprint density at radius 2 is 1.68 bits per heavy atom. The van der Waals surface area contributed by atoms with Crippen LogP contribution in [0, 0.1) is 0 Å². The number of carbonyl (C=O) groups excluding carboxylic acids is 1. The second-order valence-corrected chi connectivity index (χ2v) is 6.15. The van der Waals surface area contributed by atoms with Crippen LogP contribution < -0.4 is 16.2 Å². The molecule has 0 heterocycles. The molecular formula is C15H24N2O2. The second-order valence-electron chi connectivity index (χ2n) is 6.15. The maximum Gasteiger partial charge on any atom is 0.237 e. The van der Waals surface area contributed by atoms with Gasteiger partial charge in [0.25, 0.3) is 0 Å². The molecule has 1 amide bonds. The summed E-state index contributed by atoms with van der Waals surface area (Å²) in [7, 11) is 0. The third-order valence-electron chi connectivity index (χ3n) is 3.17. The fourth-order valence-electron chi connectivity index (χ4n) is 1.56. The number of nitrogens with two attached hydrogens (primary N) is 2. The van der Waals surface area contributed by atoms with E-state index in [4.69, 9.17) is 16.2 Å². The Morgan fingerprint density at radius 3 is 2.11 bits per heavy atom. The molecule has 0 fully saturated rings. The number of amides is 1. The summed E-state index contributed by atoms with van der Waals surface area (Å²) in [5.41, 5.74) is 11.3. The Kier molecular flexibility index (Phi) is 4.58. The molecule has 0 aromatic heterocycles.